The summed E-state index contributed by atoms with van der Waals surface area (Å²) >= 11 is 9.41. The smallest absolute Gasteiger partial charge is 0.318 e. The van der Waals surface area contributed by atoms with E-state index in [-0.39, 0.29) is 16.5 Å². The number of ether oxygens (including phenoxy) is 1. The number of fused-ring (bicyclic) bond motifs is 1. The van der Waals surface area contributed by atoms with E-state index in [0.717, 1.165) is 6.07 Å². The summed E-state index contributed by atoms with van der Waals surface area (Å²) in [4.78, 5) is 10.5. The van der Waals surface area contributed by atoms with Crippen LogP contribution in [0.25, 0.3) is 0 Å². The molecule has 1 aromatic rings. The third-order valence-electron chi connectivity index (χ3n) is 2.16. The Bertz CT molecular complexity index is 488. The second-order valence-electron chi connectivity index (χ2n) is 3.16. The maximum Gasteiger partial charge on any atom is 0.318 e. The molecule has 0 saturated carbocycles. The van der Waals surface area contributed by atoms with E-state index in [1.54, 1.807) is 0 Å². The predicted octanol–water partition coefficient (Wildman–Crippen LogP) is 2.88. The number of halogens is 3. The molecule has 1 aromatic carbocycles. The topological polar surface area (TPSA) is 55.6 Å². The highest BCUT2D eigenvalue weighted by Gasteiger charge is 2.39. The number of nitro benzene ring substituents is 1. The van der Waals surface area contributed by atoms with Crippen molar-refractivity contribution in [1.82, 2.24) is 0 Å². The first-order chi connectivity index (χ1) is 7.91. The summed E-state index contributed by atoms with van der Waals surface area (Å²) in [7, 11) is 0. The Balaban J connectivity index is 2.60. The summed E-state index contributed by atoms with van der Waals surface area (Å²) in [6.07, 6.45) is 0. The van der Waals surface area contributed by atoms with Gasteiger partial charge in [-0.15, -0.1) is 12.6 Å². The van der Waals surface area contributed by atoms with Crippen molar-refractivity contribution in [3.05, 3.63) is 27.3 Å². The molecule has 2 rings (SSSR count). The minimum absolute atomic E-state index is 0.0212. The van der Waals surface area contributed by atoms with Gasteiger partial charge in [-0.3, -0.25) is 15.0 Å². The average molecular weight is 283 g/mol. The first kappa shape index (κ1) is 12.2. The first-order valence-electron chi connectivity index (χ1n) is 4.31. The van der Waals surface area contributed by atoms with Gasteiger partial charge in [0.2, 0.25) is 11.3 Å². The van der Waals surface area contributed by atoms with Crippen LogP contribution >= 0.6 is 24.2 Å². The van der Waals surface area contributed by atoms with Crippen LogP contribution in [0.15, 0.2) is 12.1 Å². The minimum Gasteiger partial charge on any atom is -0.452 e. The molecule has 1 atom stereocenters. The van der Waals surface area contributed by atoms with Gasteiger partial charge < -0.3 is 4.74 Å². The van der Waals surface area contributed by atoms with Crippen LogP contribution in [0.5, 0.6) is 5.75 Å². The number of hydrogen-bond acceptors (Lipinski definition) is 5. The van der Waals surface area contributed by atoms with E-state index < -0.39 is 22.7 Å². The fourth-order valence-electron chi connectivity index (χ4n) is 1.50. The van der Waals surface area contributed by atoms with Crippen LogP contribution in [0.2, 0.25) is 5.02 Å². The normalized spacial score (nSPS) is 18.2. The molecule has 17 heavy (non-hydrogen) atoms. The van der Waals surface area contributed by atoms with E-state index in [1.807, 2.05) is 0 Å². The monoisotopic (exact) mass is 282 g/mol. The Kier molecular flexibility index (Phi) is 3.00. The average Bonchev–Trinajstić information content (AvgIpc) is 2.52. The van der Waals surface area contributed by atoms with Crippen molar-refractivity contribution in [3.63, 3.8) is 0 Å². The summed E-state index contributed by atoms with van der Waals surface area (Å²) in [5, 5.41) is 10.7. The number of nitrogens with zero attached hydrogens (tertiary/aromatic N) is 2. The maximum atomic E-state index is 12.7. The van der Waals surface area contributed by atoms with Gasteiger partial charge in [-0.05, 0) is 6.07 Å². The van der Waals surface area contributed by atoms with Gasteiger partial charge in [0.15, 0.2) is 0 Å². The highest BCUT2D eigenvalue weighted by molar-refractivity contribution is 7.80. The van der Waals surface area contributed by atoms with Gasteiger partial charge in [0, 0.05) is 11.1 Å². The standard InChI is InChI=1S/C8H5ClF2N2O3S/c9-3-1-4-6(5(2-3)13(14)15)16-8(17)12(4)7(10)11/h1-2,7-8,17H. The summed E-state index contributed by atoms with van der Waals surface area (Å²) in [6.45, 7) is -2.89. The third-order valence-corrected chi connectivity index (χ3v) is 2.73. The van der Waals surface area contributed by atoms with Crippen LogP contribution in [0, 0.1) is 10.1 Å². The number of rotatable bonds is 2. The quantitative estimate of drug-likeness (QED) is 0.392. The molecule has 0 aromatic heterocycles. The van der Waals surface area contributed by atoms with Gasteiger partial charge in [0.1, 0.15) is 0 Å². The molecule has 0 radical (unpaired) electrons. The molecule has 0 fully saturated rings. The Labute approximate surface area is 104 Å². The lowest BCUT2D eigenvalue weighted by Gasteiger charge is -2.19. The van der Waals surface area contributed by atoms with Crippen LogP contribution < -0.4 is 9.64 Å². The zero-order chi connectivity index (χ0) is 12.7. The van der Waals surface area contributed by atoms with E-state index in [2.05, 4.69) is 12.6 Å². The minimum atomic E-state index is -2.89. The fourth-order valence-corrected chi connectivity index (χ4v) is 2.03. The Morgan fingerprint density at radius 1 is 1.59 bits per heavy atom. The molecular weight excluding hydrogens is 278 g/mol. The summed E-state index contributed by atoms with van der Waals surface area (Å²) in [6, 6.07) is 2.21. The second kappa shape index (κ2) is 4.19. The molecule has 0 N–H and O–H groups in total. The lowest BCUT2D eigenvalue weighted by molar-refractivity contribution is -0.385. The number of thiol groups is 1. The third kappa shape index (κ3) is 1.98. The van der Waals surface area contributed by atoms with Crippen molar-refractivity contribution < 1.29 is 18.4 Å². The van der Waals surface area contributed by atoms with Crippen LogP contribution in [0.1, 0.15) is 0 Å². The van der Waals surface area contributed by atoms with Crippen LogP contribution in [0.4, 0.5) is 20.2 Å². The molecule has 1 aliphatic rings. The van der Waals surface area contributed by atoms with Gasteiger partial charge in [-0.25, -0.2) is 0 Å². The molecule has 0 bridgehead atoms. The Morgan fingerprint density at radius 2 is 2.24 bits per heavy atom. The molecule has 92 valence electrons. The first-order valence-corrected chi connectivity index (χ1v) is 5.20. The van der Waals surface area contributed by atoms with Crippen molar-refractivity contribution in [2.75, 3.05) is 4.90 Å². The SMILES string of the molecule is O=[N+]([O-])c1cc(Cl)cc2c1OC(S)N2C(F)F. The molecule has 0 saturated heterocycles. The molecule has 1 unspecified atom stereocenters. The van der Waals surface area contributed by atoms with Crippen molar-refractivity contribution >= 4 is 35.6 Å². The van der Waals surface area contributed by atoms with E-state index in [9.17, 15) is 18.9 Å². The van der Waals surface area contributed by atoms with E-state index in [0.29, 0.717) is 4.90 Å². The summed E-state index contributed by atoms with van der Waals surface area (Å²) in [5.41, 5.74) is -1.88. The van der Waals surface area contributed by atoms with E-state index in [1.165, 1.54) is 6.07 Å². The maximum absolute atomic E-state index is 12.7. The molecule has 0 spiro atoms. The van der Waals surface area contributed by atoms with Crippen molar-refractivity contribution in [3.8, 4) is 5.75 Å². The van der Waals surface area contributed by atoms with E-state index >= 15 is 0 Å². The molecular formula is C8H5ClF2N2O3S. The van der Waals surface area contributed by atoms with Crippen LogP contribution in [0.3, 0.4) is 0 Å². The Morgan fingerprint density at radius 3 is 2.76 bits per heavy atom. The summed E-state index contributed by atoms with van der Waals surface area (Å²) in [5.74, 6) is -0.250. The molecule has 0 amide bonds. The summed E-state index contributed by atoms with van der Waals surface area (Å²) < 4.78 is 30.4. The van der Waals surface area contributed by atoms with Crippen LogP contribution in [-0.2, 0) is 0 Å². The predicted molar refractivity (Wildman–Crippen MR) is 60.0 cm³/mol. The van der Waals surface area contributed by atoms with Crippen LogP contribution in [-0.4, -0.2) is 17.0 Å². The Hall–Kier alpha value is -1.28. The highest BCUT2D eigenvalue weighted by Crippen LogP contribution is 2.47. The zero-order valence-corrected chi connectivity index (χ0v) is 9.66. The van der Waals surface area contributed by atoms with Crippen molar-refractivity contribution in [2.45, 2.75) is 12.1 Å². The van der Waals surface area contributed by atoms with E-state index in [4.69, 9.17) is 16.3 Å². The molecule has 5 nitrogen and oxygen atoms in total. The molecule has 1 aliphatic heterocycles. The highest BCUT2D eigenvalue weighted by atomic mass is 35.5. The molecule has 0 aliphatic carbocycles. The number of nitro groups is 1. The van der Waals surface area contributed by atoms with Gasteiger partial charge in [-0.2, -0.15) is 8.78 Å². The van der Waals surface area contributed by atoms with Gasteiger partial charge >= 0.3 is 12.2 Å². The van der Waals surface area contributed by atoms with Gasteiger partial charge in [0.25, 0.3) is 0 Å². The van der Waals surface area contributed by atoms with Crippen molar-refractivity contribution in [1.29, 1.82) is 0 Å². The lowest BCUT2D eigenvalue weighted by atomic mass is 10.2. The number of benzene rings is 1. The fraction of sp³-hybridized carbons (Fsp3) is 0.250. The van der Waals surface area contributed by atoms with Gasteiger partial charge in [-0.1, -0.05) is 11.6 Å². The number of alkyl halides is 2. The molecule has 9 heteroatoms. The largest absolute Gasteiger partial charge is 0.452 e. The molecule has 1 heterocycles. The van der Waals surface area contributed by atoms with Crippen molar-refractivity contribution in [2.24, 2.45) is 0 Å². The zero-order valence-electron chi connectivity index (χ0n) is 8.01. The van der Waals surface area contributed by atoms with Gasteiger partial charge in [0.05, 0.1) is 10.6 Å². The number of anilines is 1. The lowest BCUT2D eigenvalue weighted by Crippen LogP contribution is -2.34. The second-order valence-corrected chi connectivity index (χ2v) is 4.04. The number of hydrogen-bond donors (Lipinski definition) is 1.